The Labute approximate surface area is 156 Å². The average Bonchev–Trinajstić information content (AvgIpc) is 3.10. The van der Waals surface area contributed by atoms with E-state index < -0.39 is 28.7 Å². The molecule has 0 spiro atoms. The largest absolute Gasteiger partial charge is 0.489 e. The fourth-order valence-corrected chi connectivity index (χ4v) is 2.50. The summed E-state index contributed by atoms with van der Waals surface area (Å²) in [6.45, 7) is -0.472. The Kier molecular flexibility index (Phi) is 5.18. The lowest BCUT2D eigenvalue weighted by atomic mass is 10.2. The van der Waals surface area contributed by atoms with Crippen molar-refractivity contribution in [3.8, 4) is 23.3 Å². The van der Waals surface area contributed by atoms with Gasteiger partial charge in [0.15, 0.2) is 0 Å². The predicted octanol–water partition coefficient (Wildman–Crippen LogP) is 2.59. The summed E-state index contributed by atoms with van der Waals surface area (Å²) in [4.78, 5) is 3.65. The van der Waals surface area contributed by atoms with E-state index in [9.17, 15) is 21.1 Å². The van der Waals surface area contributed by atoms with Gasteiger partial charge in [0.1, 0.15) is 42.1 Å². The van der Waals surface area contributed by atoms with E-state index in [2.05, 4.69) is 14.3 Å². The number of hydrogen-bond donors (Lipinski definition) is 0. The van der Waals surface area contributed by atoms with Crippen LogP contribution >= 0.6 is 0 Å². The number of aromatic nitrogens is 3. The number of nitrogens with zero attached hydrogens (tertiary/aromatic N) is 4. The average molecular weight is 410 g/mol. The zero-order valence-electron chi connectivity index (χ0n) is 13.7. The second-order valence-electron chi connectivity index (χ2n) is 5.25. The molecule has 1 heterocycles. The topological polar surface area (TPSA) is 107 Å². The standard InChI is InChI=1S/C16H9F3N4O4S/c17-14-5-10(23-9-21-16(7-20)22-23)6-15(18)13(14)8-26-11-1-3-12(4-2-11)27-28(19,24)25/h1-6,9H,8H2. The normalized spacial score (nSPS) is 11.1. The minimum atomic E-state index is -5.15. The smallest absolute Gasteiger partial charge is 0.488 e. The summed E-state index contributed by atoms with van der Waals surface area (Å²) in [6.07, 6.45) is 1.14. The highest BCUT2D eigenvalue weighted by molar-refractivity contribution is 7.81. The van der Waals surface area contributed by atoms with Crippen LogP contribution < -0.4 is 8.92 Å². The number of hydrogen-bond acceptors (Lipinski definition) is 7. The van der Waals surface area contributed by atoms with E-state index in [0.29, 0.717) is 0 Å². The molecule has 0 aliphatic heterocycles. The Morgan fingerprint density at radius 2 is 1.71 bits per heavy atom. The molecular formula is C16H9F3N4O4S. The van der Waals surface area contributed by atoms with Crippen LogP contribution in [-0.4, -0.2) is 23.2 Å². The first-order chi connectivity index (χ1) is 13.2. The highest BCUT2D eigenvalue weighted by atomic mass is 32.3. The van der Waals surface area contributed by atoms with Crippen LogP contribution in [0.1, 0.15) is 11.4 Å². The van der Waals surface area contributed by atoms with Crippen molar-refractivity contribution >= 4 is 10.5 Å². The molecular weight excluding hydrogens is 401 g/mol. The molecule has 0 radical (unpaired) electrons. The molecule has 28 heavy (non-hydrogen) atoms. The first kappa shape index (κ1) is 19.2. The van der Waals surface area contributed by atoms with Crippen LogP contribution in [0.5, 0.6) is 11.5 Å². The molecule has 0 unspecified atom stereocenters. The quantitative estimate of drug-likeness (QED) is 0.575. The van der Waals surface area contributed by atoms with E-state index in [1.807, 2.05) is 0 Å². The first-order valence-electron chi connectivity index (χ1n) is 7.42. The molecule has 0 bridgehead atoms. The molecule has 8 nitrogen and oxygen atoms in total. The van der Waals surface area contributed by atoms with Gasteiger partial charge in [0.05, 0.1) is 11.3 Å². The van der Waals surface area contributed by atoms with Gasteiger partial charge >= 0.3 is 10.5 Å². The lowest BCUT2D eigenvalue weighted by molar-refractivity contribution is 0.292. The van der Waals surface area contributed by atoms with Crippen LogP contribution in [0.25, 0.3) is 5.69 Å². The first-order valence-corrected chi connectivity index (χ1v) is 8.73. The van der Waals surface area contributed by atoms with E-state index in [-0.39, 0.29) is 28.6 Å². The molecule has 0 N–H and O–H groups in total. The number of rotatable bonds is 6. The van der Waals surface area contributed by atoms with Gasteiger partial charge in [-0.15, -0.1) is 5.10 Å². The number of halogens is 3. The summed E-state index contributed by atoms with van der Waals surface area (Å²) < 4.78 is 72.0. The maximum Gasteiger partial charge on any atom is 0.488 e. The van der Waals surface area contributed by atoms with E-state index in [4.69, 9.17) is 10.00 Å². The Balaban J connectivity index is 1.73. The summed E-state index contributed by atoms with van der Waals surface area (Å²) in [6, 6.07) is 8.40. The Hall–Kier alpha value is -3.59. The highest BCUT2D eigenvalue weighted by Gasteiger charge is 2.15. The molecule has 0 amide bonds. The molecule has 0 aliphatic rings. The second kappa shape index (κ2) is 7.57. The molecule has 0 saturated carbocycles. The summed E-state index contributed by atoms with van der Waals surface area (Å²) in [5, 5.41) is 12.4. The van der Waals surface area contributed by atoms with Crippen molar-refractivity contribution in [2.75, 3.05) is 0 Å². The van der Waals surface area contributed by atoms with E-state index in [1.54, 1.807) is 6.07 Å². The Morgan fingerprint density at radius 1 is 1.11 bits per heavy atom. The van der Waals surface area contributed by atoms with Crippen LogP contribution in [0.15, 0.2) is 42.7 Å². The van der Waals surface area contributed by atoms with Crippen molar-refractivity contribution in [3.63, 3.8) is 0 Å². The number of ether oxygens (including phenoxy) is 1. The molecule has 0 saturated heterocycles. The number of benzene rings is 2. The molecule has 0 fully saturated rings. The third-order valence-corrected chi connectivity index (χ3v) is 3.78. The van der Waals surface area contributed by atoms with Crippen molar-refractivity contribution in [2.24, 2.45) is 0 Å². The number of nitriles is 1. The zero-order chi connectivity index (χ0) is 20.3. The lowest BCUT2D eigenvalue weighted by Crippen LogP contribution is -2.05. The Bertz CT molecular complexity index is 1130. The Morgan fingerprint density at radius 3 is 2.25 bits per heavy atom. The van der Waals surface area contributed by atoms with Crippen LogP contribution in [-0.2, 0) is 17.1 Å². The maximum absolute atomic E-state index is 14.3. The van der Waals surface area contributed by atoms with Crippen molar-refractivity contribution in [3.05, 3.63) is 65.7 Å². The highest BCUT2D eigenvalue weighted by Crippen LogP contribution is 2.23. The van der Waals surface area contributed by atoms with Gasteiger partial charge in [-0.1, -0.05) is 3.89 Å². The zero-order valence-corrected chi connectivity index (χ0v) is 14.5. The SMILES string of the molecule is N#Cc1ncn(-c2cc(F)c(COc3ccc(OS(=O)(=O)F)cc3)c(F)c2)n1. The minimum absolute atomic E-state index is 0.0293. The fourth-order valence-electron chi connectivity index (χ4n) is 2.16. The third kappa shape index (κ3) is 4.57. The molecule has 3 aromatic rings. The van der Waals surface area contributed by atoms with Gasteiger partial charge in [-0.3, -0.25) is 0 Å². The van der Waals surface area contributed by atoms with Gasteiger partial charge < -0.3 is 8.92 Å². The maximum atomic E-state index is 14.3. The molecule has 0 atom stereocenters. The van der Waals surface area contributed by atoms with Crippen molar-refractivity contribution in [2.45, 2.75) is 6.61 Å². The molecule has 2 aromatic carbocycles. The van der Waals surface area contributed by atoms with Crippen molar-refractivity contribution < 1.29 is 30.0 Å². The van der Waals surface area contributed by atoms with E-state index >= 15 is 0 Å². The molecule has 144 valence electrons. The van der Waals surface area contributed by atoms with Crippen molar-refractivity contribution in [1.29, 1.82) is 5.26 Å². The van der Waals surface area contributed by atoms with Gasteiger partial charge in [0.25, 0.3) is 5.82 Å². The van der Waals surface area contributed by atoms with Gasteiger partial charge in [0, 0.05) is 12.1 Å². The molecule has 0 aliphatic carbocycles. The van der Waals surface area contributed by atoms with Crippen LogP contribution in [0.2, 0.25) is 0 Å². The fraction of sp³-hybridized carbons (Fsp3) is 0.0625. The molecule has 12 heteroatoms. The van der Waals surface area contributed by atoms with Gasteiger partial charge in [-0.25, -0.2) is 18.4 Å². The van der Waals surface area contributed by atoms with E-state index in [1.165, 1.54) is 12.1 Å². The van der Waals surface area contributed by atoms with E-state index in [0.717, 1.165) is 35.3 Å². The van der Waals surface area contributed by atoms with Crippen LogP contribution in [0.3, 0.4) is 0 Å². The predicted molar refractivity (Wildman–Crippen MR) is 87.4 cm³/mol. The van der Waals surface area contributed by atoms with Gasteiger partial charge in [-0.05, 0) is 24.3 Å². The summed E-state index contributed by atoms with van der Waals surface area (Å²) in [5.74, 6) is -2.12. The second-order valence-corrected chi connectivity index (χ2v) is 6.20. The summed E-state index contributed by atoms with van der Waals surface area (Å²) >= 11 is 0. The summed E-state index contributed by atoms with van der Waals surface area (Å²) in [7, 11) is -5.15. The van der Waals surface area contributed by atoms with Gasteiger partial charge in [-0.2, -0.15) is 13.7 Å². The molecule has 3 rings (SSSR count). The van der Waals surface area contributed by atoms with Crippen molar-refractivity contribution in [1.82, 2.24) is 14.8 Å². The summed E-state index contributed by atoms with van der Waals surface area (Å²) in [5.41, 5.74) is -0.335. The van der Waals surface area contributed by atoms with Crippen LogP contribution in [0.4, 0.5) is 12.7 Å². The van der Waals surface area contributed by atoms with Gasteiger partial charge in [0.2, 0.25) is 0 Å². The monoisotopic (exact) mass is 410 g/mol. The molecule has 1 aromatic heterocycles. The van der Waals surface area contributed by atoms with Crippen LogP contribution in [0, 0.1) is 23.0 Å². The lowest BCUT2D eigenvalue weighted by Gasteiger charge is -2.10. The minimum Gasteiger partial charge on any atom is -0.489 e. The third-order valence-electron chi connectivity index (χ3n) is 3.38.